The van der Waals surface area contributed by atoms with E-state index in [9.17, 15) is 18.0 Å². The molecular formula is C9H14O4S. The first-order valence-electron chi connectivity index (χ1n) is 4.67. The minimum Gasteiger partial charge on any atom is -0.300 e. The molecule has 0 radical (unpaired) electrons. The fraction of sp³-hybridized carbons (Fsp3) is 0.778. The van der Waals surface area contributed by atoms with Crippen molar-refractivity contribution in [1.82, 2.24) is 0 Å². The van der Waals surface area contributed by atoms with Crippen molar-refractivity contribution in [3.63, 3.8) is 0 Å². The van der Waals surface area contributed by atoms with Crippen LogP contribution in [0.5, 0.6) is 0 Å². The summed E-state index contributed by atoms with van der Waals surface area (Å²) in [5.41, 5.74) is 0. The molecule has 0 aromatic rings. The van der Waals surface area contributed by atoms with Crippen LogP contribution in [-0.2, 0) is 19.4 Å². The van der Waals surface area contributed by atoms with E-state index in [1.54, 1.807) is 0 Å². The Morgan fingerprint density at radius 1 is 1.50 bits per heavy atom. The van der Waals surface area contributed by atoms with Crippen LogP contribution in [0.25, 0.3) is 0 Å². The Morgan fingerprint density at radius 3 is 2.64 bits per heavy atom. The zero-order valence-electron chi connectivity index (χ0n) is 8.15. The summed E-state index contributed by atoms with van der Waals surface area (Å²) in [7, 11) is -3.27. The summed E-state index contributed by atoms with van der Waals surface area (Å²) < 4.78 is 22.9. The maximum atomic E-state index is 11.5. The van der Waals surface area contributed by atoms with Gasteiger partial charge in [0.15, 0.2) is 15.6 Å². The Hall–Kier alpha value is -0.710. The van der Waals surface area contributed by atoms with E-state index in [-0.39, 0.29) is 30.2 Å². The van der Waals surface area contributed by atoms with Crippen molar-refractivity contribution in [2.45, 2.75) is 37.9 Å². The Bertz CT molecular complexity index is 342. The van der Waals surface area contributed by atoms with Gasteiger partial charge < -0.3 is 4.79 Å². The van der Waals surface area contributed by atoms with Crippen molar-refractivity contribution in [3.8, 4) is 0 Å². The fourth-order valence-corrected chi connectivity index (χ4v) is 3.45. The molecule has 14 heavy (non-hydrogen) atoms. The zero-order valence-corrected chi connectivity index (χ0v) is 8.97. The summed E-state index contributed by atoms with van der Waals surface area (Å²) in [4.78, 5) is 22.0. The van der Waals surface area contributed by atoms with E-state index < -0.39 is 15.1 Å². The number of hydrogen-bond acceptors (Lipinski definition) is 4. The molecule has 1 heterocycles. The van der Waals surface area contributed by atoms with Crippen molar-refractivity contribution in [2.24, 2.45) is 0 Å². The molecule has 1 atom stereocenters. The second kappa shape index (κ2) is 4.21. The van der Waals surface area contributed by atoms with Crippen LogP contribution in [0.1, 0.15) is 32.6 Å². The van der Waals surface area contributed by atoms with Crippen molar-refractivity contribution in [1.29, 1.82) is 0 Å². The van der Waals surface area contributed by atoms with E-state index in [4.69, 9.17) is 0 Å². The summed E-state index contributed by atoms with van der Waals surface area (Å²) in [6, 6.07) is 0. The summed E-state index contributed by atoms with van der Waals surface area (Å²) in [6.07, 6.45) is 1.10. The number of rotatable bonds is 3. The van der Waals surface area contributed by atoms with Crippen LogP contribution >= 0.6 is 0 Å². The maximum absolute atomic E-state index is 11.5. The molecule has 0 bridgehead atoms. The van der Waals surface area contributed by atoms with Gasteiger partial charge in [0, 0.05) is 12.8 Å². The predicted octanol–water partition coefficient (Wildman–Crippen LogP) is 0.502. The minimum absolute atomic E-state index is 0.0708. The van der Waals surface area contributed by atoms with Crippen LogP contribution in [0.15, 0.2) is 0 Å². The fourth-order valence-electron chi connectivity index (χ4n) is 1.63. The minimum atomic E-state index is -3.27. The van der Waals surface area contributed by atoms with Gasteiger partial charge in [-0.1, -0.05) is 0 Å². The molecule has 0 aliphatic carbocycles. The van der Waals surface area contributed by atoms with E-state index >= 15 is 0 Å². The lowest BCUT2D eigenvalue weighted by Crippen LogP contribution is -2.36. The van der Waals surface area contributed by atoms with Crippen LogP contribution in [0.4, 0.5) is 0 Å². The van der Waals surface area contributed by atoms with Crippen LogP contribution in [-0.4, -0.2) is 31.0 Å². The molecule has 1 fully saturated rings. The van der Waals surface area contributed by atoms with Gasteiger partial charge in [-0.3, -0.25) is 4.79 Å². The molecule has 0 saturated carbocycles. The Labute approximate surface area is 83.6 Å². The average molecular weight is 218 g/mol. The smallest absolute Gasteiger partial charge is 0.160 e. The highest BCUT2D eigenvalue weighted by Gasteiger charge is 2.35. The van der Waals surface area contributed by atoms with E-state index in [1.807, 2.05) is 0 Å². The average Bonchev–Trinajstić information content (AvgIpc) is 2.01. The van der Waals surface area contributed by atoms with Crippen LogP contribution < -0.4 is 0 Å². The van der Waals surface area contributed by atoms with Crippen molar-refractivity contribution < 1.29 is 18.0 Å². The number of carbonyl (C=O) groups excluding carboxylic acids is 2. The molecule has 5 heteroatoms. The van der Waals surface area contributed by atoms with E-state index in [2.05, 4.69) is 0 Å². The lowest BCUT2D eigenvalue weighted by atomic mass is 10.1. The van der Waals surface area contributed by atoms with Crippen LogP contribution in [0.3, 0.4) is 0 Å². The molecule has 1 aliphatic heterocycles. The molecule has 4 nitrogen and oxygen atoms in total. The number of Topliss-reactive ketones (excluding diaryl/α,β-unsaturated/α-hetero) is 2. The molecule has 0 N–H and O–H groups in total. The monoisotopic (exact) mass is 218 g/mol. The lowest BCUT2D eigenvalue weighted by molar-refractivity contribution is -0.119. The second-order valence-electron chi connectivity index (χ2n) is 3.67. The van der Waals surface area contributed by atoms with Crippen molar-refractivity contribution in [3.05, 3.63) is 0 Å². The molecule has 80 valence electrons. The summed E-state index contributed by atoms with van der Waals surface area (Å²) >= 11 is 0. The van der Waals surface area contributed by atoms with Gasteiger partial charge in [-0.05, 0) is 19.8 Å². The third-order valence-corrected chi connectivity index (χ3v) is 4.63. The normalized spacial score (nSPS) is 26.1. The van der Waals surface area contributed by atoms with Gasteiger partial charge in [0.1, 0.15) is 11.0 Å². The van der Waals surface area contributed by atoms with Gasteiger partial charge in [0.25, 0.3) is 0 Å². The number of ketones is 2. The first-order chi connectivity index (χ1) is 6.43. The first-order valence-corrected chi connectivity index (χ1v) is 6.39. The largest absolute Gasteiger partial charge is 0.300 e. The highest BCUT2D eigenvalue weighted by molar-refractivity contribution is 7.92. The second-order valence-corrected chi connectivity index (χ2v) is 5.97. The van der Waals surface area contributed by atoms with Gasteiger partial charge in [-0.2, -0.15) is 0 Å². The van der Waals surface area contributed by atoms with Gasteiger partial charge in [0.2, 0.25) is 0 Å². The van der Waals surface area contributed by atoms with Crippen LogP contribution in [0, 0.1) is 0 Å². The molecule has 1 unspecified atom stereocenters. The van der Waals surface area contributed by atoms with Crippen molar-refractivity contribution in [2.75, 3.05) is 5.75 Å². The molecule has 1 rings (SSSR count). The van der Waals surface area contributed by atoms with Gasteiger partial charge in [-0.25, -0.2) is 8.42 Å². The SMILES string of the molecule is CC(=O)CCC1C(=O)CCCS1(=O)=O. The van der Waals surface area contributed by atoms with Gasteiger partial charge >= 0.3 is 0 Å². The molecule has 0 aromatic carbocycles. The summed E-state index contributed by atoms with van der Waals surface area (Å²) in [5, 5.41) is -0.917. The Kier molecular flexibility index (Phi) is 3.42. The maximum Gasteiger partial charge on any atom is 0.160 e. The molecular weight excluding hydrogens is 204 g/mol. The topological polar surface area (TPSA) is 68.3 Å². The van der Waals surface area contributed by atoms with E-state index in [1.165, 1.54) is 6.92 Å². The van der Waals surface area contributed by atoms with E-state index in [0.29, 0.717) is 12.8 Å². The quantitative estimate of drug-likeness (QED) is 0.691. The first kappa shape index (κ1) is 11.4. The lowest BCUT2D eigenvalue weighted by Gasteiger charge is -2.20. The standard InChI is InChI=1S/C9H14O4S/c1-7(10)4-5-9-8(11)3-2-6-14(9,12)13/h9H,2-6H2,1H3. The predicted molar refractivity (Wildman–Crippen MR) is 51.7 cm³/mol. The third-order valence-electron chi connectivity index (χ3n) is 2.40. The van der Waals surface area contributed by atoms with E-state index in [0.717, 1.165) is 0 Å². The molecule has 1 aliphatic rings. The van der Waals surface area contributed by atoms with Crippen molar-refractivity contribution >= 4 is 21.4 Å². The third kappa shape index (κ3) is 2.64. The van der Waals surface area contributed by atoms with Gasteiger partial charge in [0.05, 0.1) is 5.75 Å². The number of hydrogen-bond donors (Lipinski definition) is 0. The van der Waals surface area contributed by atoms with Crippen LogP contribution in [0.2, 0.25) is 0 Å². The van der Waals surface area contributed by atoms with Gasteiger partial charge in [-0.15, -0.1) is 0 Å². The molecule has 0 spiro atoms. The highest BCUT2D eigenvalue weighted by Crippen LogP contribution is 2.20. The Morgan fingerprint density at radius 2 is 2.14 bits per heavy atom. The molecule has 0 amide bonds. The summed E-state index contributed by atoms with van der Waals surface area (Å²) in [6.45, 7) is 1.40. The number of carbonyl (C=O) groups is 2. The highest BCUT2D eigenvalue weighted by atomic mass is 32.2. The molecule has 0 aromatic heterocycles. The summed E-state index contributed by atoms with van der Waals surface area (Å²) in [5.74, 6) is -0.211. The molecule has 1 saturated heterocycles. The Balaban J connectivity index is 2.71. The number of sulfone groups is 1. The zero-order chi connectivity index (χ0) is 10.8.